The molecule has 3 rings (SSSR count). The number of ether oxygens (including phenoxy) is 1. The standard InChI is InChI=1S/C21H32N6O/c1-2-22-21(24-13-15-28-19-8-5-3-4-6-9-19)25-17-18-10-12-23-20(16-18)27-14-7-11-26-27/h7,10-12,14,16,19H,2-6,8-9,13,15,17H2,1H3,(H2,22,24,25). The lowest BCUT2D eigenvalue weighted by molar-refractivity contribution is 0.0468. The highest BCUT2D eigenvalue weighted by molar-refractivity contribution is 5.79. The summed E-state index contributed by atoms with van der Waals surface area (Å²) < 4.78 is 7.80. The van der Waals surface area contributed by atoms with Crippen LogP contribution in [0.25, 0.3) is 5.82 Å². The van der Waals surface area contributed by atoms with Crippen LogP contribution in [0.1, 0.15) is 51.0 Å². The van der Waals surface area contributed by atoms with Gasteiger partial charge in [0.1, 0.15) is 0 Å². The number of guanidine groups is 1. The van der Waals surface area contributed by atoms with Gasteiger partial charge < -0.3 is 15.4 Å². The summed E-state index contributed by atoms with van der Waals surface area (Å²) in [5.41, 5.74) is 1.09. The zero-order valence-electron chi connectivity index (χ0n) is 16.8. The maximum absolute atomic E-state index is 6.05. The molecule has 7 nitrogen and oxygen atoms in total. The summed E-state index contributed by atoms with van der Waals surface area (Å²) in [5.74, 6) is 1.61. The smallest absolute Gasteiger partial charge is 0.191 e. The van der Waals surface area contributed by atoms with Gasteiger partial charge in [-0.3, -0.25) is 0 Å². The van der Waals surface area contributed by atoms with E-state index in [2.05, 4.69) is 32.6 Å². The number of nitrogens with zero attached hydrogens (tertiary/aromatic N) is 4. The van der Waals surface area contributed by atoms with Gasteiger partial charge in [0.15, 0.2) is 11.8 Å². The first-order valence-corrected chi connectivity index (χ1v) is 10.4. The largest absolute Gasteiger partial charge is 0.376 e. The number of aromatic nitrogens is 3. The molecule has 0 spiro atoms. The van der Waals surface area contributed by atoms with Gasteiger partial charge in [0.25, 0.3) is 0 Å². The van der Waals surface area contributed by atoms with Crippen molar-refractivity contribution in [2.45, 2.75) is 58.1 Å². The Kier molecular flexibility index (Phi) is 8.30. The molecule has 2 aromatic rings. The van der Waals surface area contributed by atoms with Crippen molar-refractivity contribution in [3.8, 4) is 5.82 Å². The molecule has 0 bridgehead atoms. The van der Waals surface area contributed by atoms with Crippen molar-refractivity contribution in [1.29, 1.82) is 0 Å². The van der Waals surface area contributed by atoms with E-state index < -0.39 is 0 Å². The Morgan fingerprint density at radius 2 is 2.07 bits per heavy atom. The monoisotopic (exact) mass is 384 g/mol. The van der Waals surface area contributed by atoms with Crippen molar-refractivity contribution >= 4 is 5.96 Å². The lowest BCUT2D eigenvalue weighted by atomic mass is 10.1. The topological polar surface area (TPSA) is 76.4 Å². The van der Waals surface area contributed by atoms with Crippen molar-refractivity contribution in [2.75, 3.05) is 19.7 Å². The van der Waals surface area contributed by atoms with E-state index in [9.17, 15) is 0 Å². The van der Waals surface area contributed by atoms with E-state index in [1.807, 2.05) is 24.4 Å². The van der Waals surface area contributed by atoms with Gasteiger partial charge in [0.05, 0.1) is 19.3 Å². The maximum Gasteiger partial charge on any atom is 0.191 e. The van der Waals surface area contributed by atoms with E-state index in [0.29, 0.717) is 19.3 Å². The number of hydrogen-bond donors (Lipinski definition) is 2. The third kappa shape index (κ3) is 6.64. The average molecular weight is 385 g/mol. The van der Waals surface area contributed by atoms with Crippen LogP contribution in [0, 0.1) is 0 Å². The van der Waals surface area contributed by atoms with Crippen LogP contribution in [-0.2, 0) is 11.3 Å². The van der Waals surface area contributed by atoms with Gasteiger partial charge >= 0.3 is 0 Å². The van der Waals surface area contributed by atoms with Gasteiger partial charge in [-0.15, -0.1) is 0 Å². The van der Waals surface area contributed by atoms with Gasteiger partial charge in [-0.05, 0) is 43.5 Å². The van der Waals surface area contributed by atoms with Gasteiger partial charge in [-0.1, -0.05) is 25.7 Å². The Morgan fingerprint density at radius 3 is 2.82 bits per heavy atom. The Hall–Kier alpha value is -2.41. The molecule has 0 aliphatic heterocycles. The first-order chi connectivity index (χ1) is 13.8. The van der Waals surface area contributed by atoms with Crippen LogP contribution < -0.4 is 10.6 Å². The molecule has 28 heavy (non-hydrogen) atoms. The van der Waals surface area contributed by atoms with E-state index in [4.69, 9.17) is 4.74 Å². The fraction of sp³-hybridized carbons (Fsp3) is 0.571. The Balaban J connectivity index is 1.47. The molecule has 0 atom stereocenters. The van der Waals surface area contributed by atoms with Crippen LogP contribution in [-0.4, -0.2) is 46.5 Å². The number of hydrogen-bond acceptors (Lipinski definition) is 4. The van der Waals surface area contributed by atoms with E-state index in [1.165, 1.54) is 38.5 Å². The average Bonchev–Trinajstić information content (AvgIpc) is 3.14. The molecule has 0 aromatic carbocycles. The van der Waals surface area contributed by atoms with Gasteiger partial charge in [-0.25, -0.2) is 14.7 Å². The predicted octanol–water partition coefficient (Wildman–Crippen LogP) is 3.06. The van der Waals surface area contributed by atoms with Crippen LogP contribution in [0.3, 0.4) is 0 Å². The number of pyridine rings is 1. The highest BCUT2D eigenvalue weighted by atomic mass is 16.5. The molecule has 7 heteroatoms. The van der Waals surface area contributed by atoms with Crippen LogP contribution in [0.2, 0.25) is 0 Å². The second-order valence-electron chi connectivity index (χ2n) is 7.08. The summed E-state index contributed by atoms with van der Waals surface area (Å²) in [7, 11) is 0. The van der Waals surface area contributed by atoms with Crippen molar-refractivity contribution in [2.24, 2.45) is 4.99 Å². The maximum atomic E-state index is 6.05. The Labute approximate surface area is 167 Å². The lowest BCUT2D eigenvalue weighted by Crippen LogP contribution is -2.39. The number of rotatable bonds is 8. The molecule has 2 N–H and O–H groups in total. The third-order valence-electron chi connectivity index (χ3n) is 4.86. The minimum absolute atomic E-state index is 0.432. The first kappa shape index (κ1) is 20.3. The van der Waals surface area contributed by atoms with Crippen molar-refractivity contribution < 1.29 is 4.74 Å². The normalized spacial score (nSPS) is 16.0. The van der Waals surface area contributed by atoms with Crippen LogP contribution in [0.15, 0.2) is 41.8 Å². The summed E-state index contributed by atoms with van der Waals surface area (Å²) >= 11 is 0. The predicted molar refractivity (Wildman–Crippen MR) is 112 cm³/mol. The van der Waals surface area contributed by atoms with Crippen LogP contribution in [0.5, 0.6) is 0 Å². The molecule has 2 heterocycles. The number of aliphatic imine (C=N–C) groups is 1. The zero-order chi connectivity index (χ0) is 19.4. The quantitative estimate of drug-likeness (QED) is 0.317. The highest BCUT2D eigenvalue weighted by Crippen LogP contribution is 2.19. The second kappa shape index (κ2) is 11.4. The van der Waals surface area contributed by atoms with E-state index in [0.717, 1.165) is 30.4 Å². The molecule has 1 fully saturated rings. The molecule has 1 saturated carbocycles. The summed E-state index contributed by atoms with van der Waals surface area (Å²) in [5, 5.41) is 10.9. The van der Waals surface area contributed by atoms with Crippen molar-refractivity contribution in [3.05, 3.63) is 42.4 Å². The fourth-order valence-electron chi connectivity index (χ4n) is 3.40. The third-order valence-corrected chi connectivity index (χ3v) is 4.86. The molecule has 152 valence electrons. The van der Waals surface area contributed by atoms with Gasteiger partial charge in [-0.2, -0.15) is 5.10 Å². The minimum Gasteiger partial charge on any atom is -0.376 e. The molecular formula is C21H32N6O. The molecule has 1 aliphatic rings. The first-order valence-electron chi connectivity index (χ1n) is 10.4. The molecule has 0 amide bonds. The van der Waals surface area contributed by atoms with Crippen LogP contribution >= 0.6 is 0 Å². The Morgan fingerprint density at radius 1 is 1.21 bits per heavy atom. The molecule has 1 aliphatic carbocycles. The molecule has 0 unspecified atom stereocenters. The summed E-state index contributed by atoms with van der Waals surface area (Å²) in [4.78, 5) is 9.05. The molecule has 2 aromatic heterocycles. The van der Waals surface area contributed by atoms with E-state index in [-0.39, 0.29) is 0 Å². The van der Waals surface area contributed by atoms with E-state index in [1.54, 1.807) is 17.1 Å². The SMILES string of the molecule is CCNC(=NCc1ccnc(-n2cccn2)c1)NCCOC1CCCCCC1. The Bertz CT molecular complexity index is 707. The van der Waals surface area contributed by atoms with Crippen molar-refractivity contribution in [3.63, 3.8) is 0 Å². The van der Waals surface area contributed by atoms with Gasteiger partial charge in [0.2, 0.25) is 0 Å². The molecular weight excluding hydrogens is 352 g/mol. The summed E-state index contributed by atoms with van der Waals surface area (Å²) in [6.45, 7) is 4.95. The summed E-state index contributed by atoms with van der Waals surface area (Å²) in [6, 6.07) is 5.88. The fourth-order valence-corrected chi connectivity index (χ4v) is 3.40. The molecule has 0 radical (unpaired) electrons. The molecule has 0 saturated heterocycles. The number of nitrogens with one attached hydrogen (secondary N) is 2. The second-order valence-corrected chi connectivity index (χ2v) is 7.08. The highest BCUT2D eigenvalue weighted by Gasteiger charge is 2.12. The minimum atomic E-state index is 0.432. The van der Waals surface area contributed by atoms with Crippen LogP contribution in [0.4, 0.5) is 0 Å². The lowest BCUT2D eigenvalue weighted by Gasteiger charge is -2.16. The summed E-state index contributed by atoms with van der Waals surface area (Å²) in [6.07, 6.45) is 13.6. The zero-order valence-corrected chi connectivity index (χ0v) is 16.8. The van der Waals surface area contributed by atoms with E-state index >= 15 is 0 Å². The van der Waals surface area contributed by atoms with Gasteiger partial charge in [0, 0.05) is 31.7 Å². The van der Waals surface area contributed by atoms with Crippen molar-refractivity contribution in [1.82, 2.24) is 25.4 Å².